The maximum atomic E-state index is 11.1. The molecular formula is C17H30N2O3. The Bertz CT molecular complexity index is 429. The van der Waals surface area contributed by atoms with Gasteiger partial charge in [0.05, 0.1) is 30.7 Å². The average molecular weight is 310 g/mol. The predicted octanol–water partition coefficient (Wildman–Crippen LogP) is 1.39. The number of carbonyl (C=O) groups is 1. The zero-order chi connectivity index (χ0) is 16.9. The van der Waals surface area contributed by atoms with Crippen LogP contribution in [0.1, 0.15) is 27.7 Å². The van der Waals surface area contributed by atoms with E-state index in [1.165, 1.54) is 0 Å². The number of hydrogen-bond donors (Lipinski definition) is 1. The first kappa shape index (κ1) is 19.0. The molecule has 1 saturated heterocycles. The lowest BCUT2D eigenvalue weighted by Crippen LogP contribution is -2.52. The highest BCUT2D eigenvalue weighted by Crippen LogP contribution is 2.16. The van der Waals surface area contributed by atoms with Gasteiger partial charge in [-0.05, 0) is 33.9 Å². The molecule has 0 aromatic carbocycles. The van der Waals surface area contributed by atoms with Crippen LogP contribution in [0.5, 0.6) is 0 Å². The Balaban J connectivity index is 2.27. The van der Waals surface area contributed by atoms with E-state index in [2.05, 4.69) is 35.5 Å². The largest absolute Gasteiger partial charge is 0.481 e. The maximum absolute atomic E-state index is 11.1. The first-order valence-electron chi connectivity index (χ1n) is 7.87. The molecule has 1 unspecified atom stereocenters. The van der Waals surface area contributed by atoms with E-state index in [0.29, 0.717) is 6.61 Å². The molecule has 1 N–H and O–H groups in total. The molecule has 0 amide bonds. The maximum Gasteiger partial charge on any atom is 0.309 e. The van der Waals surface area contributed by atoms with Crippen LogP contribution in [-0.2, 0) is 9.53 Å². The van der Waals surface area contributed by atoms with Gasteiger partial charge in [-0.3, -0.25) is 14.6 Å². The lowest BCUT2D eigenvalue weighted by molar-refractivity contribution is -0.148. The van der Waals surface area contributed by atoms with Crippen molar-refractivity contribution in [3.8, 4) is 11.8 Å². The smallest absolute Gasteiger partial charge is 0.309 e. The van der Waals surface area contributed by atoms with Gasteiger partial charge in [0.2, 0.25) is 0 Å². The summed E-state index contributed by atoms with van der Waals surface area (Å²) in [6.45, 7) is 10.7. The fourth-order valence-electron chi connectivity index (χ4n) is 2.03. The van der Waals surface area contributed by atoms with Crippen molar-refractivity contribution >= 4 is 5.97 Å². The van der Waals surface area contributed by atoms with E-state index in [-0.39, 0.29) is 17.6 Å². The van der Waals surface area contributed by atoms with Crippen LogP contribution in [0.15, 0.2) is 0 Å². The van der Waals surface area contributed by atoms with E-state index >= 15 is 0 Å². The Hall–Kier alpha value is -1.09. The van der Waals surface area contributed by atoms with Gasteiger partial charge >= 0.3 is 5.97 Å². The molecule has 1 aliphatic rings. The summed E-state index contributed by atoms with van der Waals surface area (Å²) in [6, 6.07) is 0. The van der Waals surface area contributed by atoms with Gasteiger partial charge in [0, 0.05) is 13.1 Å². The second kappa shape index (κ2) is 7.96. The summed E-state index contributed by atoms with van der Waals surface area (Å²) in [5.74, 6) is 5.38. The molecule has 22 heavy (non-hydrogen) atoms. The quantitative estimate of drug-likeness (QED) is 0.720. The highest BCUT2D eigenvalue weighted by atomic mass is 16.5. The van der Waals surface area contributed by atoms with E-state index in [9.17, 15) is 4.79 Å². The lowest BCUT2D eigenvalue weighted by Gasteiger charge is -2.38. The Morgan fingerprint density at radius 2 is 2.00 bits per heavy atom. The van der Waals surface area contributed by atoms with Crippen molar-refractivity contribution in [3.63, 3.8) is 0 Å². The Morgan fingerprint density at radius 1 is 1.41 bits per heavy atom. The molecule has 0 saturated carbocycles. The summed E-state index contributed by atoms with van der Waals surface area (Å²) in [7, 11) is 4.05. The minimum atomic E-state index is -0.775. The van der Waals surface area contributed by atoms with Crippen LogP contribution in [0.3, 0.4) is 0 Å². The van der Waals surface area contributed by atoms with E-state index < -0.39 is 11.9 Å². The van der Waals surface area contributed by atoms with Gasteiger partial charge in [-0.1, -0.05) is 25.7 Å². The van der Waals surface area contributed by atoms with Gasteiger partial charge in [-0.2, -0.15) is 0 Å². The third kappa shape index (κ3) is 5.60. The van der Waals surface area contributed by atoms with Gasteiger partial charge in [0.15, 0.2) is 0 Å². The summed E-state index contributed by atoms with van der Waals surface area (Å²) < 4.78 is 5.70. The summed E-state index contributed by atoms with van der Waals surface area (Å²) >= 11 is 0. The molecule has 0 radical (unpaired) electrons. The van der Waals surface area contributed by atoms with Crippen molar-refractivity contribution in [2.45, 2.75) is 39.3 Å². The number of hydrogen-bond acceptors (Lipinski definition) is 4. The zero-order valence-electron chi connectivity index (χ0n) is 14.7. The summed E-state index contributed by atoms with van der Waals surface area (Å²) in [6.07, 6.45) is 0.143. The summed E-state index contributed by atoms with van der Waals surface area (Å²) in [4.78, 5) is 15.4. The normalized spacial score (nSPS) is 18.0. The first-order chi connectivity index (χ1) is 10.1. The lowest BCUT2D eigenvalue weighted by atomic mass is 9.97. The Morgan fingerprint density at radius 3 is 2.45 bits per heavy atom. The number of likely N-dealkylation sites (tertiary alicyclic amines) is 1. The molecule has 5 nitrogen and oxygen atoms in total. The molecule has 0 aliphatic carbocycles. The van der Waals surface area contributed by atoms with E-state index in [0.717, 1.165) is 19.6 Å². The topological polar surface area (TPSA) is 53.0 Å². The van der Waals surface area contributed by atoms with Crippen molar-refractivity contribution < 1.29 is 14.6 Å². The molecule has 1 fully saturated rings. The number of nitrogens with zero attached hydrogens (tertiary/aromatic N) is 2. The van der Waals surface area contributed by atoms with E-state index in [4.69, 9.17) is 9.84 Å². The monoisotopic (exact) mass is 310 g/mol. The predicted molar refractivity (Wildman–Crippen MR) is 87.7 cm³/mol. The van der Waals surface area contributed by atoms with Gasteiger partial charge < -0.3 is 9.84 Å². The van der Waals surface area contributed by atoms with Crippen LogP contribution in [0.4, 0.5) is 0 Å². The molecule has 1 rings (SSSR count). The van der Waals surface area contributed by atoms with Gasteiger partial charge in [0.1, 0.15) is 0 Å². The van der Waals surface area contributed by atoms with E-state index in [1.54, 1.807) is 0 Å². The third-order valence-corrected chi connectivity index (χ3v) is 4.37. The van der Waals surface area contributed by atoms with Gasteiger partial charge in [-0.25, -0.2) is 0 Å². The first-order valence-corrected chi connectivity index (χ1v) is 7.87. The molecule has 5 heteroatoms. The molecule has 1 aliphatic heterocycles. The van der Waals surface area contributed by atoms with Crippen LogP contribution in [0.25, 0.3) is 0 Å². The van der Waals surface area contributed by atoms with Gasteiger partial charge in [0.25, 0.3) is 0 Å². The van der Waals surface area contributed by atoms with Crippen LogP contribution < -0.4 is 0 Å². The van der Waals surface area contributed by atoms with Crippen molar-refractivity contribution in [3.05, 3.63) is 0 Å². The van der Waals surface area contributed by atoms with Crippen LogP contribution in [0, 0.1) is 23.7 Å². The number of ether oxygens (including phenoxy) is 1. The second-order valence-electron chi connectivity index (χ2n) is 7.09. The number of carboxylic acids is 1. The van der Waals surface area contributed by atoms with Crippen molar-refractivity contribution in [1.82, 2.24) is 9.80 Å². The van der Waals surface area contributed by atoms with Crippen molar-refractivity contribution in [2.24, 2.45) is 11.8 Å². The average Bonchev–Trinajstić information content (AvgIpc) is 2.33. The third-order valence-electron chi connectivity index (χ3n) is 4.37. The standard InChI is InChI=1S/C17H30N2O3/c1-13(2)15(16(20)21)12-22-14-10-19(11-14)9-7-8-17(3,4)18(5)6/h13-15H,9-12H2,1-6H3,(H,20,21). The molecule has 0 aromatic rings. The Labute approximate surface area is 134 Å². The fraction of sp³-hybridized carbons (Fsp3) is 0.824. The van der Waals surface area contributed by atoms with Crippen LogP contribution in [-0.4, -0.2) is 72.9 Å². The minimum Gasteiger partial charge on any atom is -0.481 e. The minimum absolute atomic E-state index is 0.0906. The summed E-state index contributed by atoms with van der Waals surface area (Å²) in [5, 5.41) is 9.12. The molecule has 1 heterocycles. The molecule has 126 valence electrons. The Kier molecular flexibility index (Phi) is 6.86. The number of aliphatic carboxylic acids is 1. The number of carboxylic acid groups (broad SMARTS) is 1. The molecule has 0 aromatic heterocycles. The number of rotatable bonds is 7. The molecule has 0 bridgehead atoms. The summed E-state index contributed by atoms with van der Waals surface area (Å²) in [5.41, 5.74) is -0.118. The highest BCUT2D eigenvalue weighted by Gasteiger charge is 2.29. The molecular weight excluding hydrogens is 280 g/mol. The van der Waals surface area contributed by atoms with Crippen molar-refractivity contribution in [1.29, 1.82) is 0 Å². The molecule has 0 spiro atoms. The van der Waals surface area contributed by atoms with Crippen LogP contribution in [0.2, 0.25) is 0 Å². The zero-order valence-corrected chi connectivity index (χ0v) is 14.7. The molecule has 1 atom stereocenters. The van der Waals surface area contributed by atoms with E-state index in [1.807, 2.05) is 27.9 Å². The highest BCUT2D eigenvalue weighted by molar-refractivity contribution is 5.70. The second-order valence-corrected chi connectivity index (χ2v) is 7.09. The van der Waals surface area contributed by atoms with Gasteiger partial charge in [-0.15, -0.1) is 0 Å². The SMILES string of the molecule is CC(C)C(COC1CN(CC#CC(C)(C)N(C)C)C1)C(=O)O. The fourth-order valence-corrected chi connectivity index (χ4v) is 2.03. The van der Waals surface area contributed by atoms with Crippen molar-refractivity contribution in [2.75, 3.05) is 40.3 Å². The van der Waals surface area contributed by atoms with Crippen LogP contribution >= 0.6 is 0 Å².